The first-order valence-electron chi connectivity index (χ1n) is 15.3. The van der Waals surface area contributed by atoms with E-state index < -0.39 is 0 Å². The second kappa shape index (κ2) is 9.57. The molecule has 5 rings (SSSR count). The molecule has 0 aromatic carbocycles. The van der Waals surface area contributed by atoms with Gasteiger partial charge in [0.1, 0.15) is 0 Å². The van der Waals surface area contributed by atoms with Gasteiger partial charge in [-0.2, -0.15) is 0 Å². The van der Waals surface area contributed by atoms with Gasteiger partial charge < -0.3 is 0 Å². The second-order valence-corrected chi connectivity index (χ2v) is 14.9. The summed E-state index contributed by atoms with van der Waals surface area (Å²) in [6.45, 7) is 13.2. The third kappa shape index (κ3) is 4.61. The molecular weight excluding hydrogens is 384 g/mol. The SMILES string of the molecule is CC1CC(C)C(C2CCC3CCC(C3)C(C(C3CCCC3)C(C)(C)C3CC(C)C3)CC2)C1. The van der Waals surface area contributed by atoms with E-state index in [-0.39, 0.29) is 0 Å². The van der Waals surface area contributed by atoms with Crippen molar-refractivity contribution in [2.75, 3.05) is 0 Å². The third-order valence-electron chi connectivity index (χ3n) is 12.4. The summed E-state index contributed by atoms with van der Waals surface area (Å²) in [6, 6.07) is 0. The van der Waals surface area contributed by atoms with E-state index in [1.54, 1.807) is 64.2 Å². The molecule has 2 bridgehead atoms. The van der Waals surface area contributed by atoms with Crippen LogP contribution >= 0.6 is 0 Å². The zero-order valence-electron chi connectivity index (χ0n) is 22.5. The van der Waals surface area contributed by atoms with Crippen LogP contribution in [0.2, 0.25) is 0 Å². The minimum atomic E-state index is 0.572. The minimum absolute atomic E-state index is 0.572. The van der Waals surface area contributed by atoms with Crippen LogP contribution in [0.25, 0.3) is 0 Å². The molecule has 0 N–H and O–H groups in total. The fraction of sp³-hybridized carbons (Fsp3) is 1.00. The van der Waals surface area contributed by atoms with Gasteiger partial charge in [-0.15, -0.1) is 0 Å². The Bertz CT molecular complexity index is 606. The van der Waals surface area contributed by atoms with Gasteiger partial charge in [-0.05, 0) is 128 Å². The molecule has 0 aromatic heterocycles. The van der Waals surface area contributed by atoms with E-state index in [1.807, 2.05) is 0 Å². The van der Waals surface area contributed by atoms with Crippen LogP contribution in [0.4, 0.5) is 0 Å². The van der Waals surface area contributed by atoms with Gasteiger partial charge in [-0.1, -0.05) is 73.1 Å². The van der Waals surface area contributed by atoms with Gasteiger partial charge in [0.2, 0.25) is 0 Å². The lowest BCUT2D eigenvalue weighted by Gasteiger charge is -2.54. The highest BCUT2D eigenvalue weighted by Crippen LogP contribution is 2.59. The summed E-state index contributed by atoms with van der Waals surface area (Å²) in [5.74, 6) is 11.3. The molecule has 184 valence electrons. The van der Waals surface area contributed by atoms with E-state index in [0.29, 0.717) is 5.41 Å². The number of fused-ring (bicyclic) bond motifs is 2. The Kier molecular flexibility index (Phi) is 7.09. The Morgan fingerprint density at radius 2 is 1.25 bits per heavy atom. The zero-order chi connectivity index (χ0) is 22.5. The molecule has 0 heterocycles. The van der Waals surface area contributed by atoms with Gasteiger partial charge in [0.15, 0.2) is 0 Å². The topological polar surface area (TPSA) is 0 Å². The molecule has 8 unspecified atom stereocenters. The molecule has 5 aliphatic carbocycles. The smallest absolute Gasteiger partial charge is 0.0292 e. The molecule has 8 atom stereocenters. The van der Waals surface area contributed by atoms with Gasteiger partial charge >= 0.3 is 0 Å². The molecule has 0 heteroatoms. The zero-order valence-corrected chi connectivity index (χ0v) is 22.5. The average Bonchev–Trinajstić information content (AvgIpc) is 3.46. The average molecular weight is 441 g/mol. The van der Waals surface area contributed by atoms with Gasteiger partial charge in [0.25, 0.3) is 0 Å². The van der Waals surface area contributed by atoms with Crippen molar-refractivity contribution >= 4 is 0 Å². The predicted molar refractivity (Wildman–Crippen MR) is 138 cm³/mol. The first-order valence-corrected chi connectivity index (χ1v) is 15.3. The Balaban J connectivity index is 1.40. The van der Waals surface area contributed by atoms with Crippen molar-refractivity contribution in [2.45, 2.75) is 131 Å². The van der Waals surface area contributed by atoms with Gasteiger partial charge in [-0.3, -0.25) is 0 Å². The fourth-order valence-corrected chi connectivity index (χ4v) is 10.8. The van der Waals surface area contributed by atoms with Crippen molar-refractivity contribution in [1.29, 1.82) is 0 Å². The van der Waals surface area contributed by atoms with Crippen LogP contribution in [0.15, 0.2) is 0 Å². The fourth-order valence-electron chi connectivity index (χ4n) is 10.8. The Morgan fingerprint density at radius 1 is 0.625 bits per heavy atom. The molecule has 5 aliphatic rings. The van der Waals surface area contributed by atoms with Crippen LogP contribution in [0.3, 0.4) is 0 Å². The van der Waals surface area contributed by atoms with Crippen LogP contribution in [0, 0.1) is 70.5 Å². The predicted octanol–water partition coefficient (Wildman–Crippen LogP) is 9.77. The molecule has 0 radical (unpaired) electrons. The Morgan fingerprint density at radius 3 is 1.88 bits per heavy atom. The van der Waals surface area contributed by atoms with Crippen molar-refractivity contribution in [3.05, 3.63) is 0 Å². The van der Waals surface area contributed by atoms with E-state index in [4.69, 9.17) is 0 Å². The quantitative estimate of drug-likeness (QED) is 0.399. The van der Waals surface area contributed by atoms with Gasteiger partial charge in [-0.25, -0.2) is 0 Å². The Hall–Kier alpha value is 0. The van der Waals surface area contributed by atoms with Crippen LogP contribution in [0.1, 0.15) is 131 Å². The highest BCUT2D eigenvalue weighted by atomic mass is 14.6. The molecule has 0 spiro atoms. The van der Waals surface area contributed by atoms with Crippen LogP contribution in [-0.2, 0) is 0 Å². The van der Waals surface area contributed by atoms with Crippen LogP contribution < -0.4 is 0 Å². The molecule has 5 fully saturated rings. The maximum atomic E-state index is 2.75. The molecule has 32 heavy (non-hydrogen) atoms. The molecule has 0 saturated heterocycles. The first kappa shape index (κ1) is 23.7. The van der Waals surface area contributed by atoms with Crippen molar-refractivity contribution in [3.8, 4) is 0 Å². The minimum Gasteiger partial charge on any atom is -0.0625 e. The van der Waals surface area contributed by atoms with E-state index in [9.17, 15) is 0 Å². The van der Waals surface area contributed by atoms with Crippen molar-refractivity contribution in [2.24, 2.45) is 70.5 Å². The third-order valence-corrected chi connectivity index (χ3v) is 12.4. The lowest BCUT2D eigenvalue weighted by atomic mass is 9.51. The number of hydrogen-bond acceptors (Lipinski definition) is 0. The molecule has 0 aromatic rings. The summed E-state index contributed by atoms with van der Waals surface area (Å²) in [4.78, 5) is 0. The summed E-state index contributed by atoms with van der Waals surface area (Å²) in [7, 11) is 0. The van der Waals surface area contributed by atoms with Crippen molar-refractivity contribution in [1.82, 2.24) is 0 Å². The summed E-state index contributed by atoms with van der Waals surface area (Å²) in [5, 5.41) is 0. The van der Waals surface area contributed by atoms with E-state index in [0.717, 1.165) is 65.1 Å². The van der Waals surface area contributed by atoms with E-state index >= 15 is 0 Å². The molecule has 0 nitrogen and oxygen atoms in total. The highest BCUT2D eigenvalue weighted by Gasteiger charge is 2.51. The largest absolute Gasteiger partial charge is 0.0625 e. The lowest BCUT2D eigenvalue weighted by molar-refractivity contribution is -0.0490. The van der Waals surface area contributed by atoms with E-state index in [2.05, 4.69) is 34.6 Å². The monoisotopic (exact) mass is 440 g/mol. The molecule has 0 aliphatic heterocycles. The molecule has 5 saturated carbocycles. The molecular formula is C32H56. The Labute approximate surface area is 201 Å². The van der Waals surface area contributed by atoms with Gasteiger partial charge in [0, 0.05) is 0 Å². The van der Waals surface area contributed by atoms with Crippen LogP contribution in [-0.4, -0.2) is 0 Å². The van der Waals surface area contributed by atoms with Crippen molar-refractivity contribution in [3.63, 3.8) is 0 Å². The normalized spacial score (nSPS) is 47.0. The van der Waals surface area contributed by atoms with E-state index in [1.165, 1.54) is 32.1 Å². The summed E-state index contributed by atoms with van der Waals surface area (Å²) in [5.41, 5.74) is 0.572. The summed E-state index contributed by atoms with van der Waals surface area (Å²) < 4.78 is 0. The standard InChI is InChI=1S/C32H56/c1-21-16-23(3)30(19-21)25-12-10-24-11-13-27(20-24)29(15-14-25)31(26-8-6-7-9-26)32(4,5)28-17-22(2)18-28/h21-31H,6-20H2,1-5H3. The first-order chi connectivity index (χ1) is 15.3. The van der Waals surface area contributed by atoms with Crippen LogP contribution in [0.5, 0.6) is 0 Å². The lowest BCUT2D eigenvalue weighted by Crippen LogP contribution is -2.46. The van der Waals surface area contributed by atoms with Crippen molar-refractivity contribution < 1.29 is 0 Å². The number of hydrogen-bond donors (Lipinski definition) is 0. The summed E-state index contributed by atoms with van der Waals surface area (Å²) in [6.07, 6.45) is 23.3. The highest BCUT2D eigenvalue weighted by molar-refractivity contribution is 5.00. The maximum Gasteiger partial charge on any atom is -0.0292 e. The summed E-state index contributed by atoms with van der Waals surface area (Å²) >= 11 is 0. The second-order valence-electron chi connectivity index (χ2n) is 14.9. The van der Waals surface area contributed by atoms with Gasteiger partial charge in [0.05, 0.1) is 0 Å². The number of rotatable bonds is 5. The molecule has 0 amide bonds. The maximum absolute atomic E-state index is 2.75.